The molecule has 1 atom stereocenters. The lowest BCUT2D eigenvalue weighted by atomic mass is 9.95. The molecule has 2 aromatic rings. The molecule has 2 aliphatic heterocycles. The fourth-order valence-corrected chi connectivity index (χ4v) is 4.41. The number of carbonyl (C=O) groups is 2. The second kappa shape index (κ2) is 9.86. The van der Waals surface area contributed by atoms with E-state index in [-0.39, 0.29) is 23.8 Å². The molecule has 1 aromatic carbocycles. The summed E-state index contributed by atoms with van der Waals surface area (Å²) >= 11 is 0. The Bertz CT molecular complexity index is 943. The molecule has 7 nitrogen and oxygen atoms in total. The molecule has 1 N–H and O–H groups in total. The first kappa shape index (κ1) is 22.5. The van der Waals surface area contributed by atoms with Crippen LogP contribution in [0.2, 0.25) is 0 Å². The molecule has 1 saturated heterocycles. The number of nitrogens with zero attached hydrogens (tertiary/aromatic N) is 3. The maximum absolute atomic E-state index is 13.1. The van der Waals surface area contributed by atoms with Gasteiger partial charge in [0.2, 0.25) is 5.91 Å². The van der Waals surface area contributed by atoms with Crippen LogP contribution in [0.1, 0.15) is 66.5 Å². The summed E-state index contributed by atoms with van der Waals surface area (Å²) in [5.41, 5.74) is 3.67. The molecule has 172 valence electrons. The Labute approximate surface area is 190 Å². The molecule has 0 unspecified atom stereocenters. The van der Waals surface area contributed by atoms with Gasteiger partial charge in [0, 0.05) is 25.6 Å². The maximum Gasteiger partial charge on any atom is 0.274 e. The molecule has 1 fully saturated rings. The van der Waals surface area contributed by atoms with Gasteiger partial charge in [-0.25, -0.2) is 4.98 Å². The van der Waals surface area contributed by atoms with Crippen molar-refractivity contribution in [1.29, 1.82) is 0 Å². The van der Waals surface area contributed by atoms with Crippen LogP contribution in [0.5, 0.6) is 0 Å². The van der Waals surface area contributed by atoms with Gasteiger partial charge in [0.15, 0.2) is 5.69 Å². The van der Waals surface area contributed by atoms with Crippen LogP contribution in [0.15, 0.2) is 30.6 Å². The molecule has 0 saturated carbocycles. The Kier molecular flexibility index (Phi) is 6.94. The van der Waals surface area contributed by atoms with Crippen LogP contribution in [-0.4, -0.2) is 45.9 Å². The topological polar surface area (TPSA) is 76.5 Å². The van der Waals surface area contributed by atoms with Crippen molar-refractivity contribution in [2.45, 2.75) is 59.3 Å². The van der Waals surface area contributed by atoms with E-state index in [9.17, 15) is 9.59 Å². The van der Waals surface area contributed by atoms with E-state index >= 15 is 0 Å². The lowest BCUT2D eigenvalue weighted by Crippen LogP contribution is -2.43. The van der Waals surface area contributed by atoms with Crippen molar-refractivity contribution in [2.24, 2.45) is 11.8 Å². The summed E-state index contributed by atoms with van der Waals surface area (Å²) in [4.78, 5) is 31.8. The largest absolute Gasteiger partial charge is 0.365 e. The average Bonchev–Trinajstić information content (AvgIpc) is 3.22. The van der Waals surface area contributed by atoms with E-state index in [1.807, 2.05) is 9.47 Å². The predicted octanol–water partition coefficient (Wildman–Crippen LogP) is 3.48. The smallest absolute Gasteiger partial charge is 0.274 e. The van der Waals surface area contributed by atoms with Gasteiger partial charge in [-0.1, -0.05) is 43.7 Å². The Balaban J connectivity index is 1.33. The first-order valence-electron chi connectivity index (χ1n) is 11.7. The molecule has 1 aromatic heterocycles. The quantitative estimate of drug-likeness (QED) is 0.749. The normalized spacial score (nSPS) is 19.1. The SMILES string of the molecule is Cc1ccc([C@H]2Cn3cnc(C(=O)N4CCC(C(=O)NCCC(C)C)CC4)c3CO2)cc1. The van der Waals surface area contributed by atoms with E-state index in [2.05, 4.69) is 55.3 Å². The van der Waals surface area contributed by atoms with Crippen LogP contribution in [-0.2, 0) is 22.7 Å². The molecule has 7 heteroatoms. The van der Waals surface area contributed by atoms with Gasteiger partial charge in [-0.3, -0.25) is 9.59 Å². The van der Waals surface area contributed by atoms with Gasteiger partial charge < -0.3 is 19.5 Å². The highest BCUT2D eigenvalue weighted by Gasteiger charge is 2.32. The van der Waals surface area contributed by atoms with Crippen molar-refractivity contribution in [3.8, 4) is 0 Å². The van der Waals surface area contributed by atoms with Crippen LogP contribution in [0.3, 0.4) is 0 Å². The highest BCUT2D eigenvalue weighted by Crippen LogP contribution is 2.29. The molecule has 2 amide bonds. The monoisotopic (exact) mass is 438 g/mol. The minimum Gasteiger partial charge on any atom is -0.365 e. The first-order valence-corrected chi connectivity index (χ1v) is 11.7. The van der Waals surface area contributed by atoms with Crippen molar-refractivity contribution in [2.75, 3.05) is 19.6 Å². The Morgan fingerprint density at radius 1 is 1.19 bits per heavy atom. The van der Waals surface area contributed by atoms with Gasteiger partial charge in [0.1, 0.15) is 6.10 Å². The fraction of sp³-hybridized carbons (Fsp3) is 0.560. The van der Waals surface area contributed by atoms with E-state index < -0.39 is 0 Å². The van der Waals surface area contributed by atoms with E-state index in [4.69, 9.17) is 4.74 Å². The number of likely N-dealkylation sites (tertiary alicyclic amines) is 1. The second-order valence-electron chi connectivity index (χ2n) is 9.44. The highest BCUT2D eigenvalue weighted by molar-refractivity contribution is 5.93. The lowest BCUT2D eigenvalue weighted by molar-refractivity contribution is -0.126. The van der Waals surface area contributed by atoms with E-state index in [0.29, 0.717) is 50.7 Å². The summed E-state index contributed by atoms with van der Waals surface area (Å²) in [6, 6.07) is 8.37. The number of nitrogens with one attached hydrogen (secondary N) is 1. The van der Waals surface area contributed by atoms with Gasteiger partial charge in [-0.05, 0) is 37.7 Å². The van der Waals surface area contributed by atoms with Gasteiger partial charge in [0.05, 0.1) is 25.2 Å². The summed E-state index contributed by atoms with van der Waals surface area (Å²) in [5.74, 6) is 0.620. The third-order valence-corrected chi connectivity index (χ3v) is 6.56. The van der Waals surface area contributed by atoms with Crippen LogP contribution < -0.4 is 5.32 Å². The van der Waals surface area contributed by atoms with Crippen LogP contribution >= 0.6 is 0 Å². The molecule has 32 heavy (non-hydrogen) atoms. The number of imidazole rings is 1. The fourth-order valence-electron chi connectivity index (χ4n) is 4.41. The number of carbonyl (C=O) groups excluding carboxylic acids is 2. The van der Waals surface area contributed by atoms with E-state index in [1.54, 1.807) is 6.33 Å². The Morgan fingerprint density at radius 2 is 1.91 bits per heavy atom. The number of aromatic nitrogens is 2. The molecular weight excluding hydrogens is 404 g/mol. The number of fused-ring (bicyclic) bond motifs is 1. The third kappa shape index (κ3) is 5.04. The molecule has 0 bridgehead atoms. The van der Waals surface area contributed by atoms with Gasteiger partial charge in [-0.15, -0.1) is 0 Å². The van der Waals surface area contributed by atoms with Crippen molar-refractivity contribution >= 4 is 11.8 Å². The molecule has 0 spiro atoms. The Hall–Kier alpha value is -2.67. The minimum atomic E-state index is -0.0604. The number of aryl methyl sites for hydroxylation is 1. The summed E-state index contributed by atoms with van der Waals surface area (Å²) in [6.07, 6.45) is 4.09. The molecule has 3 heterocycles. The van der Waals surface area contributed by atoms with Crippen molar-refractivity contribution < 1.29 is 14.3 Å². The maximum atomic E-state index is 13.1. The standard InChI is InChI=1S/C25H34N4O3/c1-17(2)8-11-26-24(30)20-9-12-28(13-10-20)25(31)23-21-15-32-22(14-29(21)16-27-23)19-6-4-18(3)5-7-19/h4-7,16-17,20,22H,8-15H2,1-3H3,(H,26,30)/t22-/m1/s1. The number of benzene rings is 1. The number of amides is 2. The number of ether oxygens (including phenoxy) is 1. The zero-order chi connectivity index (χ0) is 22.7. The number of hydrogen-bond donors (Lipinski definition) is 1. The molecular formula is C25H34N4O3. The van der Waals surface area contributed by atoms with Crippen LogP contribution in [0, 0.1) is 18.8 Å². The summed E-state index contributed by atoms with van der Waals surface area (Å²) < 4.78 is 8.12. The summed E-state index contributed by atoms with van der Waals surface area (Å²) in [6.45, 7) is 9.28. The van der Waals surface area contributed by atoms with Gasteiger partial charge in [0.25, 0.3) is 5.91 Å². The first-order chi connectivity index (χ1) is 15.4. The second-order valence-corrected chi connectivity index (χ2v) is 9.44. The average molecular weight is 439 g/mol. The minimum absolute atomic E-state index is 0.0132. The van der Waals surface area contributed by atoms with Gasteiger partial charge >= 0.3 is 0 Å². The predicted molar refractivity (Wildman–Crippen MR) is 122 cm³/mol. The zero-order valence-electron chi connectivity index (χ0n) is 19.3. The number of hydrogen-bond acceptors (Lipinski definition) is 4. The van der Waals surface area contributed by atoms with Crippen LogP contribution in [0.4, 0.5) is 0 Å². The van der Waals surface area contributed by atoms with E-state index in [0.717, 1.165) is 24.2 Å². The molecule has 0 radical (unpaired) electrons. The van der Waals surface area contributed by atoms with Crippen molar-refractivity contribution in [3.63, 3.8) is 0 Å². The summed E-state index contributed by atoms with van der Waals surface area (Å²) in [5, 5.41) is 3.04. The molecule has 2 aliphatic rings. The lowest BCUT2D eigenvalue weighted by Gasteiger charge is -2.31. The van der Waals surface area contributed by atoms with Gasteiger partial charge in [-0.2, -0.15) is 0 Å². The zero-order valence-corrected chi connectivity index (χ0v) is 19.3. The molecule has 0 aliphatic carbocycles. The van der Waals surface area contributed by atoms with Crippen molar-refractivity contribution in [3.05, 3.63) is 53.1 Å². The third-order valence-electron chi connectivity index (χ3n) is 6.56. The number of rotatable bonds is 6. The number of piperidine rings is 1. The van der Waals surface area contributed by atoms with Crippen LogP contribution in [0.25, 0.3) is 0 Å². The summed E-state index contributed by atoms with van der Waals surface area (Å²) in [7, 11) is 0. The highest BCUT2D eigenvalue weighted by atomic mass is 16.5. The Morgan fingerprint density at radius 3 is 2.59 bits per heavy atom. The molecule has 4 rings (SSSR count). The van der Waals surface area contributed by atoms with E-state index in [1.165, 1.54) is 5.56 Å². The van der Waals surface area contributed by atoms with Crippen molar-refractivity contribution in [1.82, 2.24) is 19.8 Å².